The molecule has 3 aliphatic carbocycles. The molecule has 23 heavy (non-hydrogen) atoms. The molecule has 0 heterocycles. The van der Waals surface area contributed by atoms with Gasteiger partial charge in [-0.2, -0.15) is 0 Å². The number of carbonyl (C=O) groups is 1. The fourth-order valence-electron chi connectivity index (χ4n) is 5.68. The van der Waals surface area contributed by atoms with Crippen LogP contribution in [0, 0.1) is 34.0 Å². The summed E-state index contributed by atoms with van der Waals surface area (Å²) in [7, 11) is 0. The summed E-state index contributed by atoms with van der Waals surface area (Å²) >= 11 is 5.65. The van der Waals surface area contributed by atoms with Crippen molar-refractivity contribution in [2.45, 2.75) is 65.7 Å². The standard InChI is InChI=1S/C21H27ClO/c1-19(2)16-9-14-21(12-6-7-15-22)11-5-4-8-17(21)20(16,3)13-10-18(19)23/h7-8,15-16H,4-5,9-11,13-14H2,1-3H3/b15-7+/t16-,20-,21-/m0/s1. The smallest absolute Gasteiger partial charge is 0.138 e. The van der Waals surface area contributed by atoms with Gasteiger partial charge in [0.2, 0.25) is 0 Å². The Labute approximate surface area is 145 Å². The largest absolute Gasteiger partial charge is 0.299 e. The van der Waals surface area contributed by atoms with E-state index in [-0.39, 0.29) is 16.2 Å². The summed E-state index contributed by atoms with van der Waals surface area (Å²) in [5.41, 5.74) is 2.95. The molecule has 0 bridgehead atoms. The van der Waals surface area contributed by atoms with Crippen molar-refractivity contribution in [2.75, 3.05) is 0 Å². The Morgan fingerprint density at radius 1 is 1.26 bits per heavy atom. The molecule has 0 aliphatic heterocycles. The van der Waals surface area contributed by atoms with Gasteiger partial charge in [-0.25, -0.2) is 0 Å². The number of allylic oxidation sites excluding steroid dienone is 3. The van der Waals surface area contributed by atoms with E-state index in [1.165, 1.54) is 17.5 Å². The van der Waals surface area contributed by atoms with E-state index in [2.05, 4.69) is 38.7 Å². The van der Waals surface area contributed by atoms with Gasteiger partial charge in [-0.15, -0.1) is 0 Å². The van der Waals surface area contributed by atoms with Crippen LogP contribution in [0.1, 0.15) is 65.7 Å². The van der Waals surface area contributed by atoms with Crippen molar-refractivity contribution >= 4 is 17.4 Å². The van der Waals surface area contributed by atoms with Crippen LogP contribution in [0.4, 0.5) is 0 Å². The number of rotatable bonds is 0. The monoisotopic (exact) mass is 330 g/mol. The quantitative estimate of drug-likeness (QED) is 0.414. The zero-order chi connectivity index (χ0) is 16.7. The summed E-state index contributed by atoms with van der Waals surface area (Å²) in [5.74, 6) is 7.62. The first-order valence-corrected chi connectivity index (χ1v) is 9.33. The average Bonchev–Trinajstić information content (AvgIpc) is 2.52. The molecule has 0 amide bonds. The molecule has 3 atom stereocenters. The Morgan fingerprint density at radius 3 is 2.78 bits per heavy atom. The van der Waals surface area contributed by atoms with Gasteiger partial charge >= 0.3 is 0 Å². The summed E-state index contributed by atoms with van der Waals surface area (Å²) in [6, 6.07) is 0. The van der Waals surface area contributed by atoms with E-state index in [9.17, 15) is 4.79 Å². The molecule has 0 N–H and O–H groups in total. The van der Waals surface area contributed by atoms with Crippen LogP contribution in [0.3, 0.4) is 0 Å². The van der Waals surface area contributed by atoms with Gasteiger partial charge in [-0.05, 0) is 61.5 Å². The predicted molar refractivity (Wildman–Crippen MR) is 96.0 cm³/mol. The number of carbonyl (C=O) groups excluding carboxylic acids is 1. The first kappa shape index (κ1) is 16.8. The van der Waals surface area contributed by atoms with E-state index in [0.717, 1.165) is 32.1 Å². The lowest BCUT2D eigenvalue weighted by atomic mass is 9.44. The highest BCUT2D eigenvalue weighted by atomic mass is 35.5. The first-order valence-electron chi connectivity index (χ1n) is 8.89. The Balaban J connectivity index is 2.07. The van der Waals surface area contributed by atoms with Crippen molar-refractivity contribution < 1.29 is 4.79 Å². The van der Waals surface area contributed by atoms with Gasteiger partial charge in [0.05, 0.1) is 5.41 Å². The summed E-state index contributed by atoms with van der Waals surface area (Å²) in [4.78, 5) is 12.5. The number of Topliss-reactive ketones (excluding diaryl/α,β-unsaturated/α-hetero) is 1. The van der Waals surface area contributed by atoms with Crippen LogP contribution < -0.4 is 0 Å². The molecular formula is C21H27ClO. The summed E-state index contributed by atoms with van der Waals surface area (Å²) in [6.45, 7) is 6.72. The van der Waals surface area contributed by atoms with Gasteiger partial charge in [-0.1, -0.05) is 50.3 Å². The van der Waals surface area contributed by atoms with Gasteiger partial charge in [-0.3, -0.25) is 4.79 Å². The van der Waals surface area contributed by atoms with E-state index < -0.39 is 0 Å². The topological polar surface area (TPSA) is 17.1 Å². The summed E-state index contributed by atoms with van der Waals surface area (Å²) in [6.07, 6.45) is 11.6. The molecule has 3 rings (SSSR count). The molecule has 2 heteroatoms. The maximum absolute atomic E-state index is 12.5. The van der Waals surface area contributed by atoms with Gasteiger partial charge in [0.1, 0.15) is 5.78 Å². The van der Waals surface area contributed by atoms with Crippen LogP contribution >= 0.6 is 11.6 Å². The summed E-state index contributed by atoms with van der Waals surface area (Å²) < 4.78 is 0. The second-order valence-corrected chi connectivity index (χ2v) is 8.56. The Bertz CT molecular complexity index is 630. The van der Waals surface area contributed by atoms with Gasteiger partial charge in [0.25, 0.3) is 0 Å². The number of fused-ring (bicyclic) bond motifs is 3. The SMILES string of the molecule is CC1(C)C(=O)CC[C@]2(C)C3=CCCC[C@]3(C#C/C=C/Cl)CC[C@@H]12. The molecule has 1 nitrogen and oxygen atoms in total. The molecule has 2 saturated carbocycles. The van der Waals surface area contributed by atoms with E-state index >= 15 is 0 Å². The molecule has 0 spiro atoms. The molecule has 0 saturated heterocycles. The van der Waals surface area contributed by atoms with Gasteiger partial charge < -0.3 is 0 Å². The third-order valence-corrected chi connectivity index (χ3v) is 6.96. The van der Waals surface area contributed by atoms with Crippen LogP contribution in [0.25, 0.3) is 0 Å². The van der Waals surface area contributed by atoms with E-state index in [4.69, 9.17) is 11.6 Å². The lowest BCUT2D eigenvalue weighted by molar-refractivity contribution is -0.141. The normalized spacial score (nSPS) is 39.0. The van der Waals surface area contributed by atoms with E-state index in [0.29, 0.717) is 18.1 Å². The van der Waals surface area contributed by atoms with Gasteiger partial charge in [0, 0.05) is 17.4 Å². The number of ketones is 1. The Morgan fingerprint density at radius 2 is 2.04 bits per heavy atom. The van der Waals surface area contributed by atoms with Crippen molar-refractivity contribution in [2.24, 2.45) is 22.2 Å². The third kappa shape index (κ3) is 2.51. The molecule has 2 fully saturated rings. The van der Waals surface area contributed by atoms with Crippen molar-refractivity contribution in [3.8, 4) is 11.8 Å². The second kappa shape index (κ2) is 5.82. The highest BCUT2D eigenvalue weighted by Crippen LogP contribution is 2.65. The molecule has 0 aromatic heterocycles. The number of hydrogen-bond acceptors (Lipinski definition) is 1. The predicted octanol–water partition coefficient (Wildman–Crippen LogP) is 5.64. The van der Waals surface area contributed by atoms with Crippen LogP contribution in [0.2, 0.25) is 0 Å². The zero-order valence-corrected chi connectivity index (χ0v) is 15.3. The van der Waals surface area contributed by atoms with Crippen molar-refractivity contribution in [1.29, 1.82) is 0 Å². The van der Waals surface area contributed by atoms with Crippen LogP contribution in [0.15, 0.2) is 23.3 Å². The molecule has 0 aromatic rings. The fourth-order valence-corrected chi connectivity index (χ4v) is 5.74. The first-order chi connectivity index (χ1) is 10.9. The van der Waals surface area contributed by atoms with Crippen LogP contribution in [-0.2, 0) is 4.79 Å². The second-order valence-electron chi connectivity index (χ2n) is 8.31. The molecule has 0 unspecified atom stereocenters. The summed E-state index contributed by atoms with van der Waals surface area (Å²) in [5, 5.41) is 0. The maximum Gasteiger partial charge on any atom is 0.138 e. The molecule has 124 valence electrons. The minimum Gasteiger partial charge on any atom is -0.299 e. The molecule has 3 aliphatic rings. The van der Waals surface area contributed by atoms with Crippen molar-refractivity contribution in [3.63, 3.8) is 0 Å². The van der Waals surface area contributed by atoms with Crippen LogP contribution in [0.5, 0.6) is 0 Å². The van der Waals surface area contributed by atoms with Crippen LogP contribution in [-0.4, -0.2) is 5.78 Å². The lowest BCUT2D eigenvalue weighted by Crippen LogP contribution is -2.54. The van der Waals surface area contributed by atoms with Crippen molar-refractivity contribution in [1.82, 2.24) is 0 Å². The Kier molecular flexibility index (Phi) is 4.26. The Hall–Kier alpha value is -1.00. The maximum atomic E-state index is 12.5. The molecule has 0 aromatic carbocycles. The minimum atomic E-state index is -0.207. The average molecular weight is 331 g/mol. The molecule has 0 radical (unpaired) electrons. The van der Waals surface area contributed by atoms with E-state index in [1.54, 1.807) is 6.08 Å². The lowest BCUT2D eigenvalue weighted by Gasteiger charge is -2.59. The van der Waals surface area contributed by atoms with Gasteiger partial charge in [0.15, 0.2) is 0 Å². The van der Waals surface area contributed by atoms with E-state index in [1.807, 2.05) is 0 Å². The highest BCUT2D eigenvalue weighted by molar-refractivity contribution is 6.25. The fraction of sp³-hybridized carbons (Fsp3) is 0.667. The third-order valence-electron chi connectivity index (χ3n) is 6.83. The number of halogens is 1. The highest BCUT2D eigenvalue weighted by Gasteiger charge is 2.59. The minimum absolute atomic E-state index is 0.0103. The zero-order valence-electron chi connectivity index (χ0n) is 14.5. The number of hydrogen-bond donors (Lipinski definition) is 0. The van der Waals surface area contributed by atoms with Crippen molar-refractivity contribution in [3.05, 3.63) is 23.3 Å². The molecular weight excluding hydrogens is 304 g/mol.